The molecule has 3 heteroatoms. The maximum atomic E-state index is 3.99. The summed E-state index contributed by atoms with van der Waals surface area (Å²) in [7, 11) is 0. The Morgan fingerprint density at radius 2 is 2.50 bits per heavy atom. The molecule has 0 unspecified atom stereocenters. The van der Waals surface area contributed by atoms with Gasteiger partial charge in [-0.05, 0) is 25.2 Å². The summed E-state index contributed by atoms with van der Waals surface area (Å²) in [6, 6.07) is 0. The standard InChI is InChI=1S/C7H11N3/c1-5-2-3-6-7(4-5)9-10-8-6/h5H,2-4H2,1H3,(H,8,9,10)/t5-/m0/s1. The molecule has 0 amide bonds. The van der Waals surface area contributed by atoms with E-state index in [2.05, 4.69) is 22.3 Å². The third-order valence-corrected chi connectivity index (χ3v) is 2.13. The van der Waals surface area contributed by atoms with Gasteiger partial charge >= 0.3 is 0 Å². The molecule has 1 N–H and O–H groups in total. The normalized spacial score (nSPS) is 24.3. The van der Waals surface area contributed by atoms with E-state index < -0.39 is 0 Å². The number of rotatable bonds is 0. The van der Waals surface area contributed by atoms with Crippen LogP contribution in [0, 0.1) is 5.92 Å². The van der Waals surface area contributed by atoms with Gasteiger partial charge in [0.25, 0.3) is 0 Å². The van der Waals surface area contributed by atoms with Crippen molar-refractivity contribution in [2.45, 2.75) is 26.2 Å². The zero-order chi connectivity index (χ0) is 6.97. The highest BCUT2D eigenvalue weighted by molar-refractivity contribution is 5.12. The minimum atomic E-state index is 0.801. The maximum Gasteiger partial charge on any atom is 0.0856 e. The van der Waals surface area contributed by atoms with E-state index in [1.54, 1.807) is 0 Å². The molecule has 54 valence electrons. The Hall–Kier alpha value is -0.860. The van der Waals surface area contributed by atoms with Crippen LogP contribution < -0.4 is 0 Å². The first-order valence-corrected chi connectivity index (χ1v) is 3.75. The summed E-state index contributed by atoms with van der Waals surface area (Å²) in [6.45, 7) is 2.27. The van der Waals surface area contributed by atoms with Gasteiger partial charge in [-0.1, -0.05) is 12.1 Å². The number of aromatic nitrogens is 3. The van der Waals surface area contributed by atoms with Crippen molar-refractivity contribution in [2.75, 3.05) is 0 Å². The minimum absolute atomic E-state index is 0.801. The minimum Gasteiger partial charge on any atom is -0.262 e. The molecule has 0 saturated heterocycles. The molecule has 0 saturated carbocycles. The number of H-pyrrole nitrogens is 1. The number of aryl methyl sites for hydroxylation is 1. The van der Waals surface area contributed by atoms with Gasteiger partial charge in [-0.25, -0.2) is 0 Å². The van der Waals surface area contributed by atoms with E-state index in [4.69, 9.17) is 0 Å². The van der Waals surface area contributed by atoms with Crippen LogP contribution in [0.1, 0.15) is 24.7 Å². The Kier molecular flexibility index (Phi) is 1.22. The van der Waals surface area contributed by atoms with Gasteiger partial charge < -0.3 is 0 Å². The highest BCUT2D eigenvalue weighted by atomic mass is 15.3. The quantitative estimate of drug-likeness (QED) is 0.578. The van der Waals surface area contributed by atoms with Crippen molar-refractivity contribution in [2.24, 2.45) is 5.92 Å². The van der Waals surface area contributed by atoms with Crippen molar-refractivity contribution in [3.63, 3.8) is 0 Å². The summed E-state index contributed by atoms with van der Waals surface area (Å²) in [5, 5.41) is 10.7. The molecule has 0 fully saturated rings. The van der Waals surface area contributed by atoms with Crippen LogP contribution in [0.2, 0.25) is 0 Å². The van der Waals surface area contributed by atoms with E-state index in [0.717, 1.165) is 18.8 Å². The zero-order valence-electron chi connectivity index (χ0n) is 6.09. The van der Waals surface area contributed by atoms with E-state index in [1.807, 2.05) is 0 Å². The van der Waals surface area contributed by atoms with Gasteiger partial charge in [0.15, 0.2) is 0 Å². The second-order valence-electron chi connectivity index (χ2n) is 3.09. The number of aromatic amines is 1. The number of nitrogens with one attached hydrogen (secondary N) is 1. The van der Waals surface area contributed by atoms with E-state index in [-0.39, 0.29) is 0 Å². The number of hydrogen-bond donors (Lipinski definition) is 1. The Balaban J connectivity index is 2.30. The lowest BCUT2D eigenvalue weighted by molar-refractivity contribution is 0.491. The van der Waals surface area contributed by atoms with Crippen molar-refractivity contribution >= 4 is 0 Å². The molecule has 1 aromatic heterocycles. The monoisotopic (exact) mass is 137 g/mol. The summed E-state index contributed by atoms with van der Waals surface area (Å²) in [4.78, 5) is 0. The molecule has 3 nitrogen and oxygen atoms in total. The second kappa shape index (κ2) is 2.08. The predicted molar refractivity (Wildman–Crippen MR) is 37.6 cm³/mol. The molecule has 10 heavy (non-hydrogen) atoms. The van der Waals surface area contributed by atoms with Gasteiger partial charge in [0.05, 0.1) is 11.4 Å². The fraction of sp³-hybridized carbons (Fsp3) is 0.714. The van der Waals surface area contributed by atoms with Gasteiger partial charge in [0.2, 0.25) is 0 Å². The first-order valence-electron chi connectivity index (χ1n) is 3.75. The molecule has 0 aliphatic heterocycles. The molecule has 0 spiro atoms. The van der Waals surface area contributed by atoms with Crippen LogP contribution in [0.5, 0.6) is 0 Å². The van der Waals surface area contributed by atoms with Crippen molar-refractivity contribution in [1.29, 1.82) is 0 Å². The van der Waals surface area contributed by atoms with Crippen LogP contribution in [0.15, 0.2) is 0 Å². The first kappa shape index (κ1) is 5.89. The summed E-state index contributed by atoms with van der Waals surface area (Å²) in [5.41, 5.74) is 2.43. The molecule has 1 heterocycles. The largest absolute Gasteiger partial charge is 0.262 e. The number of fused-ring (bicyclic) bond motifs is 1. The molecular formula is C7H11N3. The van der Waals surface area contributed by atoms with Crippen molar-refractivity contribution < 1.29 is 0 Å². The molecular weight excluding hydrogens is 126 g/mol. The SMILES string of the molecule is C[C@H]1CCc2nn[nH]c2C1. The van der Waals surface area contributed by atoms with E-state index in [9.17, 15) is 0 Å². The Morgan fingerprint density at radius 1 is 1.60 bits per heavy atom. The van der Waals surface area contributed by atoms with Gasteiger partial charge in [-0.3, -0.25) is 5.10 Å². The Bertz CT molecular complexity index is 229. The lowest BCUT2D eigenvalue weighted by atomic mass is 9.92. The summed E-state index contributed by atoms with van der Waals surface area (Å²) >= 11 is 0. The van der Waals surface area contributed by atoms with Crippen LogP contribution in [0.25, 0.3) is 0 Å². The molecule has 0 radical (unpaired) electrons. The van der Waals surface area contributed by atoms with Gasteiger partial charge in [0, 0.05) is 0 Å². The lowest BCUT2D eigenvalue weighted by Crippen LogP contribution is -2.10. The van der Waals surface area contributed by atoms with E-state index in [1.165, 1.54) is 17.8 Å². The third-order valence-electron chi connectivity index (χ3n) is 2.13. The average Bonchev–Trinajstić information content (AvgIpc) is 2.33. The highest BCUT2D eigenvalue weighted by Gasteiger charge is 2.17. The fourth-order valence-electron chi connectivity index (χ4n) is 1.47. The first-order chi connectivity index (χ1) is 4.86. The molecule has 1 aromatic rings. The van der Waals surface area contributed by atoms with Crippen LogP contribution in [0.4, 0.5) is 0 Å². The molecule has 0 bridgehead atoms. The topological polar surface area (TPSA) is 41.6 Å². The molecule has 2 rings (SSSR count). The Morgan fingerprint density at radius 3 is 3.40 bits per heavy atom. The summed E-state index contributed by atoms with van der Waals surface area (Å²) in [5.74, 6) is 0.801. The zero-order valence-corrected chi connectivity index (χ0v) is 6.09. The van der Waals surface area contributed by atoms with Gasteiger partial charge in [-0.15, -0.1) is 5.10 Å². The fourth-order valence-corrected chi connectivity index (χ4v) is 1.47. The Labute approximate surface area is 59.8 Å². The highest BCUT2D eigenvalue weighted by Crippen LogP contribution is 2.20. The van der Waals surface area contributed by atoms with Crippen LogP contribution in [0.3, 0.4) is 0 Å². The van der Waals surface area contributed by atoms with Crippen molar-refractivity contribution in [3.8, 4) is 0 Å². The predicted octanol–water partition coefficient (Wildman–Crippen LogP) is 0.929. The van der Waals surface area contributed by atoms with Crippen molar-refractivity contribution in [3.05, 3.63) is 11.4 Å². The lowest BCUT2D eigenvalue weighted by Gasteiger charge is -2.14. The van der Waals surface area contributed by atoms with E-state index >= 15 is 0 Å². The van der Waals surface area contributed by atoms with Crippen LogP contribution in [-0.4, -0.2) is 15.4 Å². The van der Waals surface area contributed by atoms with Gasteiger partial charge in [-0.2, -0.15) is 0 Å². The van der Waals surface area contributed by atoms with Crippen molar-refractivity contribution in [1.82, 2.24) is 15.4 Å². The molecule has 1 aliphatic carbocycles. The second-order valence-corrected chi connectivity index (χ2v) is 3.09. The maximum absolute atomic E-state index is 3.99. The summed E-state index contributed by atoms with van der Waals surface area (Å²) in [6.07, 6.45) is 3.49. The molecule has 0 aromatic carbocycles. The van der Waals surface area contributed by atoms with E-state index in [0.29, 0.717) is 0 Å². The third kappa shape index (κ3) is 0.818. The van der Waals surface area contributed by atoms with Crippen LogP contribution >= 0.6 is 0 Å². The molecule has 1 atom stereocenters. The molecule has 1 aliphatic rings. The van der Waals surface area contributed by atoms with Gasteiger partial charge in [0.1, 0.15) is 0 Å². The number of hydrogen-bond acceptors (Lipinski definition) is 2. The average molecular weight is 137 g/mol. The van der Waals surface area contributed by atoms with Crippen LogP contribution in [-0.2, 0) is 12.8 Å². The smallest absolute Gasteiger partial charge is 0.0856 e. The summed E-state index contributed by atoms with van der Waals surface area (Å²) < 4.78 is 0. The number of nitrogens with zero attached hydrogens (tertiary/aromatic N) is 2.